The molecular formula is C20H22N2O3S. The van der Waals surface area contributed by atoms with E-state index in [9.17, 15) is 9.59 Å². The van der Waals surface area contributed by atoms with Gasteiger partial charge in [-0.3, -0.25) is 9.36 Å². The van der Waals surface area contributed by atoms with Crippen molar-refractivity contribution in [2.45, 2.75) is 39.2 Å². The molecule has 26 heavy (non-hydrogen) atoms. The molecule has 0 aliphatic rings. The van der Waals surface area contributed by atoms with Gasteiger partial charge < -0.3 is 4.74 Å². The van der Waals surface area contributed by atoms with Gasteiger partial charge in [-0.25, -0.2) is 9.78 Å². The third-order valence-corrected chi connectivity index (χ3v) is 5.24. The minimum atomic E-state index is -0.704. The Labute approximate surface area is 156 Å². The average Bonchev–Trinajstić information content (AvgIpc) is 3.10. The number of carbonyl (C=O) groups excluding carboxylic acids is 1. The van der Waals surface area contributed by atoms with Gasteiger partial charge in [0.1, 0.15) is 10.9 Å². The summed E-state index contributed by atoms with van der Waals surface area (Å²) in [6.45, 7) is 4.15. The van der Waals surface area contributed by atoms with Crippen LogP contribution in [0.5, 0.6) is 0 Å². The monoisotopic (exact) mass is 370 g/mol. The van der Waals surface area contributed by atoms with Crippen molar-refractivity contribution in [3.8, 4) is 11.1 Å². The summed E-state index contributed by atoms with van der Waals surface area (Å²) in [6.07, 6.45) is 4.36. The first kappa shape index (κ1) is 18.3. The van der Waals surface area contributed by atoms with Crippen LogP contribution in [0.3, 0.4) is 0 Å². The second-order valence-electron chi connectivity index (χ2n) is 6.20. The zero-order valence-corrected chi connectivity index (χ0v) is 15.8. The number of thiophene rings is 1. The fraction of sp³-hybridized carbons (Fsp3) is 0.350. The van der Waals surface area contributed by atoms with Gasteiger partial charge in [0.25, 0.3) is 5.56 Å². The summed E-state index contributed by atoms with van der Waals surface area (Å²) in [7, 11) is 0. The smallest absolute Gasteiger partial charge is 0.328 e. The molecule has 5 nitrogen and oxygen atoms in total. The predicted octanol–water partition coefficient (Wildman–Crippen LogP) is 4.42. The van der Waals surface area contributed by atoms with Gasteiger partial charge in [0.05, 0.1) is 18.3 Å². The number of ether oxygens (including phenoxy) is 1. The first-order valence-electron chi connectivity index (χ1n) is 8.84. The molecule has 0 saturated carbocycles. The van der Waals surface area contributed by atoms with Crippen LogP contribution in [-0.4, -0.2) is 22.1 Å². The van der Waals surface area contributed by atoms with E-state index in [-0.39, 0.29) is 5.56 Å². The van der Waals surface area contributed by atoms with E-state index in [0.717, 1.165) is 30.4 Å². The first-order valence-corrected chi connectivity index (χ1v) is 9.71. The second-order valence-corrected chi connectivity index (χ2v) is 7.06. The molecule has 0 amide bonds. The molecular weight excluding hydrogens is 348 g/mol. The minimum absolute atomic E-state index is 0.215. The summed E-state index contributed by atoms with van der Waals surface area (Å²) in [5, 5.41) is 2.49. The number of nitrogens with zero attached hydrogens (tertiary/aromatic N) is 2. The number of fused-ring (bicyclic) bond motifs is 1. The largest absolute Gasteiger partial charge is 0.464 e. The number of unbranched alkanes of at least 4 members (excludes halogenated alkanes) is 2. The van der Waals surface area contributed by atoms with Gasteiger partial charge in [0.2, 0.25) is 0 Å². The van der Waals surface area contributed by atoms with Crippen LogP contribution in [0.25, 0.3) is 21.3 Å². The summed E-state index contributed by atoms with van der Waals surface area (Å²) in [6, 6.07) is 9.02. The van der Waals surface area contributed by atoms with Crippen LogP contribution in [0.1, 0.15) is 39.2 Å². The van der Waals surface area contributed by atoms with E-state index in [2.05, 4.69) is 11.9 Å². The van der Waals surface area contributed by atoms with Crippen molar-refractivity contribution in [1.29, 1.82) is 0 Å². The maximum atomic E-state index is 13.0. The lowest BCUT2D eigenvalue weighted by Crippen LogP contribution is -2.29. The van der Waals surface area contributed by atoms with Crippen LogP contribution in [0.2, 0.25) is 0 Å². The molecule has 0 spiro atoms. The lowest BCUT2D eigenvalue weighted by atomic mass is 10.1. The van der Waals surface area contributed by atoms with Gasteiger partial charge in [0.15, 0.2) is 0 Å². The minimum Gasteiger partial charge on any atom is -0.464 e. The van der Waals surface area contributed by atoms with Gasteiger partial charge >= 0.3 is 5.97 Å². The summed E-state index contributed by atoms with van der Waals surface area (Å²) in [4.78, 5) is 30.4. The van der Waals surface area contributed by atoms with Crippen molar-refractivity contribution in [1.82, 2.24) is 9.55 Å². The molecule has 0 bridgehead atoms. The summed E-state index contributed by atoms with van der Waals surface area (Å²) in [5.41, 5.74) is 1.60. The zero-order valence-electron chi connectivity index (χ0n) is 15.0. The third-order valence-electron chi connectivity index (χ3n) is 4.35. The Balaban J connectivity index is 1.91. The Kier molecular flexibility index (Phi) is 5.83. The van der Waals surface area contributed by atoms with Gasteiger partial charge in [-0.2, -0.15) is 0 Å². The summed E-state index contributed by atoms with van der Waals surface area (Å²) < 4.78 is 6.66. The van der Waals surface area contributed by atoms with Gasteiger partial charge in [-0.1, -0.05) is 50.1 Å². The van der Waals surface area contributed by atoms with Gasteiger partial charge in [-0.05, 0) is 18.9 Å². The topological polar surface area (TPSA) is 61.2 Å². The standard InChI is InChI=1S/C20H22N2O3S/c1-3-4-8-11-25-20(24)14(2)22-13-21-18-17(19(22)23)16(12-26-18)15-9-6-5-7-10-15/h5-7,9-10,12-14H,3-4,8,11H2,1-2H3/t14-/m0/s1. The Hall–Kier alpha value is -2.47. The Morgan fingerprint density at radius 2 is 2.04 bits per heavy atom. The highest BCUT2D eigenvalue weighted by Gasteiger charge is 2.21. The van der Waals surface area contributed by atoms with Crippen LogP contribution in [0.4, 0.5) is 0 Å². The summed E-state index contributed by atoms with van der Waals surface area (Å²) in [5.74, 6) is -0.402. The third kappa shape index (κ3) is 3.70. The summed E-state index contributed by atoms with van der Waals surface area (Å²) >= 11 is 1.43. The number of hydrogen-bond acceptors (Lipinski definition) is 5. The number of aromatic nitrogens is 2. The highest BCUT2D eigenvalue weighted by Crippen LogP contribution is 2.30. The molecule has 1 aromatic carbocycles. The normalized spacial score (nSPS) is 12.2. The fourth-order valence-corrected chi connectivity index (χ4v) is 3.72. The molecule has 0 radical (unpaired) electrons. The van der Waals surface area contributed by atoms with Crippen molar-refractivity contribution < 1.29 is 9.53 Å². The van der Waals surface area contributed by atoms with Crippen molar-refractivity contribution >= 4 is 27.5 Å². The van der Waals surface area contributed by atoms with Gasteiger partial charge in [-0.15, -0.1) is 11.3 Å². The van der Waals surface area contributed by atoms with Crippen molar-refractivity contribution in [3.63, 3.8) is 0 Å². The van der Waals surface area contributed by atoms with E-state index in [1.165, 1.54) is 22.2 Å². The SMILES string of the molecule is CCCCCOC(=O)[C@H](C)n1cnc2scc(-c3ccccc3)c2c1=O. The molecule has 6 heteroatoms. The molecule has 1 atom stereocenters. The quantitative estimate of drug-likeness (QED) is 0.456. The van der Waals surface area contributed by atoms with Gasteiger partial charge in [0, 0.05) is 10.9 Å². The molecule has 0 saturated heterocycles. The zero-order chi connectivity index (χ0) is 18.5. The van der Waals surface area contributed by atoms with Crippen LogP contribution in [0, 0.1) is 0 Å². The molecule has 0 fully saturated rings. The highest BCUT2D eigenvalue weighted by atomic mass is 32.1. The molecule has 0 aliphatic carbocycles. The van der Waals surface area contributed by atoms with E-state index < -0.39 is 12.0 Å². The maximum Gasteiger partial charge on any atom is 0.328 e. The van der Waals surface area contributed by atoms with Crippen LogP contribution in [0.15, 0.2) is 46.8 Å². The lowest BCUT2D eigenvalue weighted by Gasteiger charge is -2.14. The molecule has 136 valence electrons. The maximum absolute atomic E-state index is 13.0. The highest BCUT2D eigenvalue weighted by molar-refractivity contribution is 7.17. The van der Waals surface area contributed by atoms with E-state index in [1.807, 2.05) is 35.7 Å². The molecule has 3 aromatic rings. The molecule has 3 rings (SSSR count). The number of hydrogen-bond donors (Lipinski definition) is 0. The van der Waals surface area contributed by atoms with E-state index in [0.29, 0.717) is 16.8 Å². The average molecular weight is 370 g/mol. The molecule has 2 heterocycles. The van der Waals surface area contributed by atoms with E-state index in [4.69, 9.17) is 4.74 Å². The number of esters is 1. The van der Waals surface area contributed by atoms with E-state index >= 15 is 0 Å². The molecule has 0 aliphatic heterocycles. The molecule has 0 unspecified atom stereocenters. The molecule has 0 N–H and O–H groups in total. The number of carbonyl (C=O) groups is 1. The van der Waals surface area contributed by atoms with E-state index in [1.54, 1.807) is 6.92 Å². The Morgan fingerprint density at radius 1 is 1.27 bits per heavy atom. The van der Waals surface area contributed by atoms with Crippen molar-refractivity contribution in [3.05, 3.63) is 52.4 Å². The number of rotatable bonds is 7. The molecule has 2 aromatic heterocycles. The van der Waals surface area contributed by atoms with Crippen LogP contribution >= 0.6 is 11.3 Å². The predicted molar refractivity (Wildman–Crippen MR) is 105 cm³/mol. The lowest BCUT2D eigenvalue weighted by molar-refractivity contribution is -0.147. The van der Waals surface area contributed by atoms with Crippen molar-refractivity contribution in [2.24, 2.45) is 0 Å². The first-order chi connectivity index (χ1) is 12.6. The Bertz CT molecular complexity index is 947. The van der Waals surface area contributed by atoms with Crippen LogP contribution in [-0.2, 0) is 9.53 Å². The van der Waals surface area contributed by atoms with Crippen molar-refractivity contribution in [2.75, 3.05) is 6.61 Å². The Morgan fingerprint density at radius 3 is 2.77 bits per heavy atom. The second kappa shape index (κ2) is 8.27. The number of benzene rings is 1. The van der Waals surface area contributed by atoms with Crippen LogP contribution < -0.4 is 5.56 Å². The fourth-order valence-electron chi connectivity index (χ4n) is 2.81.